The lowest BCUT2D eigenvalue weighted by Gasteiger charge is -2.36. The van der Waals surface area contributed by atoms with Crippen molar-refractivity contribution in [1.82, 2.24) is 0 Å². The van der Waals surface area contributed by atoms with Gasteiger partial charge in [-0.3, -0.25) is 4.79 Å². The summed E-state index contributed by atoms with van der Waals surface area (Å²) in [6, 6.07) is 6.25. The highest BCUT2D eigenvalue weighted by Crippen LogP contribution is 2.42. The molecule has 3 heteroatoms. The van der Waals surface area contributed by atoms with E-state index in [0.717, 1.165) is 30.8 Å². The first-order chi connectivity index (χ1) is 9.11. The minimum Gasteiger partial charge on any atom is -0.372 e. The van der Waals surface area contributed by atoms with Crippen LogP contribution in [0.1, 0.15) is 37.7 Å². The van der Waals surface area contributed by atoms with Crippen LogP contribution >= 0.6 is 0 Å². The smallest absolute Gasteiger partial charge is 0.232 e. The van der Waals surface area contributed by atoms with E-state index in [4.69, 9.17) is 0 Å². The third kappa shape index (κ3) is 2.11. The molecule has 0 unspecified atom stereocenters. The summed E-state index contributed by atoms with van der Waals surface area (Å²) in [6.07, 6.45) is 5.67. The lowest BCUT2D eigenvalue weighted by Crippen LogP contribution is -2.44. The van der Waals surface area contributed by atoms with Crippen LogP contribution in [0, 0.1) is 12.3 Å². The molecule has 1 spiro atoms. The minimum atomic E-state index is -0.181. The van der Waals surface area contributed by atoms with E-state index in [1.165, 1.54) is 24.8 Å². The van der Waals surface area contributed by atoms with Gasteiger partial charge in [-0.2, -0.15) is 0 Å². The fourth-order valence-corrected chi connectivity index (χ4v) is 3.54. The van der Waals surface area contributed by atoms with Crippen LogP contribution < -0.4 is 10.2 Å². The van der Waals surface area contributed by atoms with Gasteiger partial charge in [-0.25, -0.2) is 0 Å². The zero-order valence-corrected chi connectivity index (χ0v) is 11.8. The first-order valence-electron chi connectivity index (χ1n) is 7.24. The van der Waals surface area contributed by atoms with E-state index in [2.05, 4.69) is 36.3 Å². The van der Waals surface area contributed by atoms with Crippen LogP contribution in [0.2, 0.25) is 0 Å². The predicted molar refractivity (Wildman–Crippen MR) is 78.6 cm³/mol. The Kier molecular flexibility index (Phi) is 3.00. The molecule has 102 valence electrons. The second-order valence-electron chi connectivity index (χ2n) is 6.17. The van der Waals surface area contributed by atoms with Crippen LogP contribution in [0.3, 0.4) is 0 Å². The second kappa shape index (κ2) is 4.55. The van der Waals surface area contributed by atoms with E-state index in [9.17, 15) is 4.79 Å². The molecule has 0 bridgehead atoms. The van der Waals surface area contributed by atoms with E-state index in [1.807, 2.05) is 6.07 Å². The molecule has 0 saturated heterocycles. The number of hydrogen-bond donors (Lipinski definition) is 1. The molecule has 1 heterocycles. The molecule has 1 aromatic rings. The molecule has 3 rings (SSSR count). The van der Waals surface area contributed by atoms with Crippen molar-refractivity contribution in [3.63, 3.8) is 0 Å². The first-order valence-corrected chi connectivity index (χ1v) is 7.24. The summed E-state index contributed by atoms with van der Waals surface area (Å²) in [4.78, 5) is 14.9. The Labute approximate surface area is 115 Å². The highest BCUT2D eigenvalue weighted by Gasteiger charge is 2.42. The SMILES string of the molecule is Cc1ccc2c(c1)N(C)CC1(CCCCC1)C(=O)N2. The van der Waals surface area contributed by atoms with Gasteiger partial charge in [0, 0.05) is 13.6 Å². The number of anilines is 2. The Morgan fingerprint density at radius 2 is 1.95 bits per heavy atom. The van der Waals surface area contributed by atoms with Gasteiger partial charge in [0.25, 0.3) is 0 Å². The van der Waals surface area contributed by atoms with Gasteiger partial charge >= 0.3 is 0 Å². The molecule has 3 nitrogen and oxygen atoms in total. The maximum absolute atomic E-state index is 12.6. The van der Waals surface area contributed by atoms with Crippen LogP contribution in [-0.2, 0) is 4.79 Å². The Balaban J connectivity index is 1.99. The zero-order chi connectivity index (χ0) is 13.5. The van der Waals surface area contributed by atoms with Crippen molar-refractivity contribution in [3.05, 3.63) is 23.8 Å². The third-order valence-electron chi connectivity index (χ3n) is 4.64. The van der Waals surface area contributed by atoms with E-state index in [-0.39, 0.29) is 11.3 Å². The molecule has 1 saturated carbocycles. The fourth-order valence-electron chi connectivity index (χ4n) is 3.54. The van der Waals surface area contributed by atoms with Gasteiger partial charge in [-0.05, 0) is 37.5 Å². The lowest BCUT2D eigenvalue weighted by atomic mass is 9.73. The molecule has 1 aromatic carbocycles. The molecule has 0 aromatic heterocycles. The van der Waals surface area contributed by atoms with Gasteiger partial charge in [0.2, 0.25) is 5.91 Å². The normalized spacial score (nSPS) is 21.8. The number of hydrogen-bond acceptors (Lipinski definition) is 2. The van der Waals surface area contributed by atoms with Crippen molar-refractivity contribution in [2.24, 2.45) is 5.41 Å². The van der Waals surface area contributed by atoms with Crippen LogP contribution in [0.15, 0.2) is 18.2 Å². The maximum Gasteiger partial charge on any atom is 0.232 e. The zero-order valence-electron chi connectivity index (χ0n) is 11.8. The van der Waals surface area contributed by atoms with Gasteiger partial charge in [0.1, 0.15) is 0 Å². The number of amides is 1. The molecule has 0 radical (unpaired) electrons. The largest absolute Gasteiger partial charge is 0.372 e. The standard InChI is InChI=1S/C16H22N2O/c1-12-6-7-13-14(10-12)18(2)11-16(15(19)17-13)8-4-3-5-9-16/h6-7,10H,3-5,8-9,11H2,1-2H3,(H,17,19). The summed E-state index contributed by atoms with van der Waals surface area (Å²) in [5, 5.41) is 3.16. The van der Waals surface area contributed by atoms with E-state index < -0.39 is 0 Å². The highest BCUT2D eigenvalue weighted by atomic mass is 16.2. The molecule has 1 aliphatic heterocycles. The number of fused-ring (bicyclic) bond motifs is 1. The summed E-state index contributed by atoms with van der Waals surface area (Å²) in [7, 11) is 2.11. The van der Waals surface area contributed by atoms with E-state index in [0.29, 0.717) is 0 Å². The molecule has 1 N–H and O–H groups in total. The molecule has 0 atom stereocenters. The van der Waals surface area contributed by atoms with Crippen LogP contribution in [0.5, 0.6) is 0 Å². The molecule has 2 aliphatic rings. The molecular weight excluding hydrogens is 236 g/mol. The van der Waals surface area contributed by atoms with Crippen molar-refractivity contribution in [1.29, 1.82) is 0 Å². The predicted octanol–water partition coefficient (Wildman–Crippen LogP) is 3.33. The number of carbonyl (C=O) groups excluding carboxylic acids is 1. The molecule has 1 aliphatic carbocycles. The maximum atomic E-state index is 12.6. The minimum absolute atomic E-state index is 0.181. The van der Waals surface area contributed by atoms with Gasteiger partial charge in [-0.1, -0.05) is 25.3 Å². The molecule has 1 fully saturated rings. The Morgan fingerprint density at radius 3 is 2.68 bits per heavy atom. The van der Waals surface area contributed by atoms with E-state index >= 15 is 0 Å². The first kappa shape index (κ1) is 12.5. The number of nitrogens with one attached hydrogen (secondary N) is 1. The Bertz CT molecular complexity index is 503. The van der Waals surface area contributed by atoms with Crippen molar-refractivity contribution in [2.45, 2.75) is 39.0 Å². The third-order valence-corrected chi connectivity index (χ3v) is 4.64. The molecule has 19 heavy (non-hydrogen) atoms. The number of rotatable bonds is 0. The molecular formula is C16H22N2O. The summed E-state index contributed by atoms with van der Waals surface area (Å²) in [5.41, 5.74) is 3.16. The Hall–Kier alpha value is -1.51. The lowest BCUT2D eigenvalue weighted by molar-refractivity contribution is -0.126. The number of aryl methyl sites for hydroxylation is 1. The average molecular weight is 258 g/mol. The number of benzene rings is 1. The second-order valence-corrected chi connectivity index (χ2v) is 6.17. The molecule has 1 amide bonds. The van der Waals surface area contributed by atoms with Crippen molar-refractivity contribution in [2.75, 3.05) is 23.8 Å². The summed E-state index contributed by atoms with van der Waals surface area (Å²) in [5.74, 6) is 0.224. The summed E-state index contributed by atoms with van der Waals surface area (Å²) in [6.45, 7) is 2.94. The highest BCUT2D eigenvalue weighted by molar-refractivity contribution is 6.00. The van der Waals surface area contributed by atoms with Gasteiger partial charge in [0.15, 0.2) is 0 Å². The Morgan fingerprint density at radius 1 is 1.21 bits per heavy atom. The quantitative estimate of drug-likeness (QED) is 0.774. The summed E-state index contributed by atoms with van der Waals surface area (Å²) < 4.78 is 0. The van der Waals surface area contributed by atoms with Gasteiger partial charge < -0.3 is 10.2 Å². The van der Waals surface area contributed by atoms with Gasteiger partial charge in [-0.15, -0.1) is 0 Å². The van der Waals surface area contributed by atoms with Crippen molar-refractivity contribution in [3.8, 4) is 0 Å². The average Bonchev–Trinajstić information content (AvgIpc) is 2.49. The number of nitrogens with zero attached hydrogens (tertiary/aromatic N) is 1. The van der Waals surface area contributed by atoms with Crippen LogP contribution in [-0.4, -0.2) is 19.5 Å². The van der Waals surface area contributed by atoms with Crippen molar-refractivity contribution >= 4 is 17.3 Å². The summed E-state index contributed by atoms with van der Waals surface area (Å²) >= 11 is 0. The van der Waals surface area contributed by atoms with E-state index in [1.54, 1.807) is 0 Å². The van der Waals surface area contributed by atoms with Crippen LogP contribution in [0.25, 0.3) is 0 Å². The fraction of sp³-hybridized carbons (Fsp3) is 0.562. The van der Waals surface area contributed by atoms with Crippen LogP contribution in [0.4, 0.5) is 11.4 Å². The van der Waals surface area contributed by atoms with Crippen molar-refractivity contribution < 1.29 is 4.79 Å². The van der Waals surface area contributed by atoms with Gasteiger partial charge in [0.05, 0.1) is 16.8 Å². The topological polar surface area (TPSA) is 32.3 Å². The number of carbonyl (C=O) groups is 1. The monoisotopic (exact) mass is 258 g/mol.